The van der Waals surface area contributed by atoms with Crippen LogP contribution in [-0.2, 0) is 4.74 Å². The summed E-state index contributed by atoms with van der Waals surface area (Å²) in [6.45, 7) is 4.51. The van der Waals surface area contributed by atoms with E-state index in [1.165, 1.54) is 57.8 Å². The van der Waals surface area contributed by atoms with Crippen LogP contribution in [0.2, 0.25) is 0 Å². The Labute approximate surface area is 89.2 Å². The normalized spacial score (nSPS) is 25.3. The third kappa shape index (κ3) is 4.99. The van der Waals surface area contributed by atoms with E-state index in [1.54, 1.807) is 0 Å². The molecule has 0 aromatic rings. The van der Waals surface area contributed by atoms with Crippen molar-refractivity contribution in [3.63, 3.8) is 0 Å². The third-order valence-corrected chi connectivity index (χ3v) is 3.10. The van der Waals surface area contributed by atoms with Gasteiger partial charge in [-0.1, -0.05) is 58.8 Å². The van der Waals surface area contributed by atoms with Crippen molar-refractivity contribution < 1.29 is 4.74 Å². The molecule has 0 N–H and O–H groups in total. The average molecular weight is 198 g/mol. The van der Waals surface area contributed by atoms with Gasteiger partial charge >= 0.3 is 0 Å². The molecule has 1 aliphatic heterocycles. The van der Waals surface area contributed by atoms with Crippen LogP contribution in [0.25, 0.3) is 0 Å². The van der Waals surface area contributed by atoms with E-state index in [2.05, 4.69) is 13.8 Å². The molecule has 1 heterocycles. The van der Waals surface area contributed by atoms with Crippen LogP contribution < -0.4 is 0 Å². The molecule has 1 fully saturated rings. The Morgan fingerprint density at radius 2 is 1.36 bits per heavy atom. The first-order chi connectivity index (χ1) is 6.88. The van der Waals surface area contributed by atoms with Gasteiger partial charge in [0.2, 0.25) is 0 Å². The Bertz CT molecular complexity index is 133. The fraction of sp³-hybridized carbons (Fsp3) is 1.00. The van der Waals surface area contributed by atoms with Crippen LogP contribution in [0.15, 0.2) is 0 Å². The zero-order chi connectivity index (χ0) is 10.2. The first-order valence-electron chi connectivity index (χ1n) is 6.54. The van der Waals surface area contributed by atoms with E-state index in [4.69, 9.17) is 4.74 Å². The highest BCUT2D eigenvalue weighted by Gasteiger charge is 2.36. The molecular weight excluding hydrogens is 172 g/mol. The van der Waals surface area contributed by atoms with E-state index >= 15 is 0 Å². The van der Waals surface area contributed by atoms with Crippen molar-refractivity contribution in [2.75, 3.05) is 0 Å². The van der Waals surface area contributed by atoms with E-state index in [0.717, 1.165) is 0 Å². The monoisotopic (exact) mass is 198 g/mol. The van der Waals surface area contributed by atoms with Crippen molar-refractivity contribution in [3.8, 4) is 0 Å². The van der Waals surface area contributed by atoms with Crippen LogP contribution >= 0.6 is 0 Å². The number of hydrogen-bond donors (Lipinski definition) is 0. The second-order valence-electron chi connectivity index (χ2n) is 4.56. The molecule has 0 amide bonds. The molecule has 0 saturated carbocycles. The van der Waals surface area contributed by atoms with Gasteiger partial charge in [0.25, 0.3) is 0 Å². The van der Waals surface area contributed by atoms with Crippen molar-refractivity contribution in [1.29, 1.82) is 0 Å². The van der Waals surface area contributed by atoms with Gasteiger partial charge in [-0.3, -0.25) is 0 Å². The highest BCUT2D eigenvalue weighted by atomic mass is 16.6. The zero-order valence-electron chi connectivity index (χ0n) is 9.93. The van der Waals surface area contributed by atoms with Crippen LogP contribution in [0.4, 0.5) is 0 Å². The standard InChI is InChI=1S/C13H26O/c1-3-5-6-7-8-9-11-13-12(14-13)10-4-2/h12-13H,3-11H2,1-2H3. The van der Waals surface area contributed by atoms with Crippen molar-refractivity contribution in [2.45, 2.75) is 83.8 Å². The van der Waals surface area contributed by atoms with Crippen LogP contribution in [0.5, 0.6) is 0 Å². The zero-order valence-corrected chi connectivity index (χ0v) is 9.93. The first kappa shape index (κ1) is 12.0. The number of rotatable bonds is 9. The lowest BCUT2D eigenvalue weighted by Gasteiger charge is -1.98. The van der Waals surface area contributed by atoms with Crippen molar-refractivity contribution in [2.24, 2.45) is 0 Å². The molecular formula is C13H26O. The van der Waals surface area contributed by atoms with Crippen LogP contribution in [0.1, 0.15) is 71.6 Å². The third-order valence-electron chi connectivity index (χ3n) is 3.10. The maximum absolute atomic E-state index is 5.59. The van der Waals surface area contributed by atoms with Gasteiger partial charge < -0.3 is 4.74 Å². The van der Waals surface area contributed by atoms with Crippen LogP contribution in [0, 0.1) is 0 Å². The molecule has 0 radical (unpaired) electrons. The number of epoxide rings is 1. The van der Waals surface area contributed by atoms with E-state index in [0.29, 0.717) is 12.2 Å². The lowest BCUT2D eigenvalue weighted by Crippen LogP contribution is -1.93. The van der Waals surface area contributed by atoms with Gasteiger partial charge in [-0.15, -0.1) is 0 Å². The van der Waals surface area contributed by atoms with Gasteiger partial charge in [-0.2, -0.15) is 0 Å². The molecule has 2 unspecified atom stereocenters. The summed E-state index contributed by atoms with van der Waals surface area (Å²) < 4.78 is 5.59. The molecule has 0 aromatic carbocycles. The maximum Gasteiger partial charge on any atom is 0.0841 e. The molecule has 1 saturated heterocycles. The Morgan fingerprint density at radius 1 is 0.714 bits per heavy atom. The predicted octanol–water partition coefficient (Wildman–Crippen LogP) is 4.30. The fourth-order valence-electron chi connectivity index (χ4n) is 2.10. The minimum atomic E-state index is 0.635. The van der Waals surface area contributed by atoms with Gasteiger partial charge in [-0.05, 0) is 12.8 Å². The van der Waals surface area contributed by atoms with E-state index in [1.807, 2.05) is 0 Å². The molecule has 0 bridgehead atoms. The summed E-state index contributed by atoms with van der Waals surface area (Å²) in [6.07, 6.45) is 13.6. The van der Waals surface area contributed by atoms with Gasteiger partial charge in [0.05, 0.1) is 12.2 Å². The summed E-state index contributed by atoms with van der Waals surface area (Å²) in [7, 11) is 0. The van der Waals surface area contributed by atoms with Gasteiger partial charge in [-0.25, -0.2) is 0 Å². The van der Waals surface area contributed by atoms with Crippen LogP contribution in [0.3, 0.4) is 0 Å². The number of unbranched alkanes of at least 4 members (excludes halogenated alkanes) is 5. The molecule has 0 aromatic heterocycles. The van der Waals surface area contributed by atoms with E-state index < -0.39 is 0 Å². The predicted molar refractivity (Wildman–Crippen MR) is 61.6 cm³/mol. The lowest BCUT2D eigenvalue weighted by atomic mass is 10.1. The molecule has 84 valence electrons. The molecule has 1 aliphatic rings. The van der Waals surface area contributed by atoms with Crippen molar-refractivity contribution in [1.82, 2.24) is 0 Å². The summed E-state index contributed by atoms with van der Waals surface area (Å²) in [4.78, 5) is 0. The first-order valence-corrected chi connectivity index (χ1v) is 6.54. The second-order valence-corrected chi connectivity index (χ2v) is 4.56. The molecule has 2 atom stereocenters. The number of hydrogen-bond acceptors (Lipinski definition) is 1. The molecule has 0 aliphatic carbocycles. The Morgan fingerprint density at radius 3 is 2.07 bits per heavy atom. The minimum absolute atomic E-state index is 0.635. The lowest BCUT2D eigenvalue weighted by molar-refractivity contribution is 0.351. The Balaban J connectivity index is 1.77. The molecule has 0 spiro atoms. The maximum atomic E-state index is 5.59. The quantitative estimate of drug-likeness (QED) is 0.397. The highest BCUT2D eigenvalue weighted by molar-refractivity contribution is 4.83. The van der Waals surface area contributed by atoms with Gasteiger partial charge in [0.15, 0.2) is 0 Å². The minimum Gasteiger partial charge on any atom is -0.370 e. The van der Waals surface area contributed by atoms with E-state index in [9.17, 15) is 0 Å². The molecule has 14 heavy (non-hydrogen) atoms. The largest absolute Gasteiger partial charge is 0.370 e. The average Bonchev–Trinajstić information content (AvgIpc) is 2.91. The van der Waals surface area contributed by atoms with Gasteiger partial charge in [0.1, 0.15) is 0 Å². The summed E-state index contributed by atoms with van der Waals surface area (Å²) in [6, 6.07) is 0. The fourth-order valence-corrected chi connectivity index (χ4v) is 2.10. The second kappa shape index (κ2) is 7.28. The summed E-state index contributed by atoms with van der Waals surface area (Å²) in [5, 5.41) is 0. The summed E-state index contributed by atoms with van der Waals surface area (Å²) in [5.41, 5.74) is 0. The van der Waals surface area contributed by atoms with Gasteiger partial charge in [0, 0.05) is 0 Å². The Hall–Kier alpha value is -0.0400. The molecule has 1 heteroatoms. The van der Waals surface area contributed by atoms with Crippen LogP contribution in [-0.4, -0.2) is 12.2 Å². The summed E-state index contributed by atoms with van der Waals surface area (Å²) >= 11 is 0. The molecule has 1 nitrogen and oxygen atoms in total. The summed E-state index contributed by atoms with van der Waals surface area (Å²) in [5.74, 6) is 0. The topological polar surface area (TPSA) is 12.5 Å². The van der Waals surface area contributed by atoms with E-state index in [-0.39, 0.29) is 0 Å². The van der Waals surface area contributed by atoms with Crippen molar-refractivity contribution >= 4 is 0 Å². The highest BCUT2D eigenvalue weighted by Crippen LogP contribution is 2.30. The van der Waals surface area contributed by atoms with Crippen molar-refractivity contribution in [3.05, 3.63) is 0 Å². The SMILES string of the molecule is CCCCCCCCC1OC1CCC. The number of ether oxygens (including phenoxy) is 1. The Kier molecular flexibility index (Phi) is 6.25. The molecule has 1 rings (SSSR count). The smallest absolute Gasteiger partial charge is 0.0841 e.